The van der Waals surface area contributed by atoms with Gasteiger partial charge in [0.15, 0.2) is 0 Å². The Bertz CT molecular complexity index is 458. The van der Waals surface area contributed by atoms with Gasteiger partial charge in [-0.3, -0.25) is 4.79 Å². The molecule has 0 aliphatic carbocycles. The lowest BCUT2D eigenvalue weighted by Gasteiger charge is -2.20. The van der Waals surface area contributed by atoms with Crippen LogP contribution in [0.5, 0.6) is 0 Å². The van der Waals surface area contributed by atoms with Crippen molar-refractivity contribution in [1.29, 1.82) is 0 Å². The molecule has 0 saturated carbocycles. The van der Waals surface area contributed by atoms with Crippen LogP contribution in [0.25, 0.3) is 0 Å². The molecule has 1 aliphatic heterocycles. The molecule has 2 atom stereocenters. The molecule has 20 heavy (non-hydrogen) atoms. The summed E-state index contributed by atoms with van der Waals surface area (Å²) in [7, 11) is 0. The van der Waals surface area contributed by atoms with Crippen LogP contribution in [0.4, 0.5) is 5.69 Å². The van der Waals surface area contributed by atoms with Gasteiger partial charge in [0.2, 0.25) is 0 Å². The van der Waals surface area contributed by atoms with Crippen molar-refractivity contribution in [3.63, 3.8) is 0 Å². The Kier molecular flexibility index (Phi) is 5.01. The van der Waals surface area contributed by atoms with Crippen molar-refractivity contribution in [1.82, 2.24) is 4.90 Å². The number of ether oxygens (including phenoxy) is 1. The van der Waals surface area contributed by atoms with E-state index in [4.69, 9.17) is 4.74 Å². The van der Waals surface area contributed by atoms with Gasteiger partial charge in [0.25, 0.3) is 5.91 Å². The zero-order valence-corrected chi connectivity index (χ0v) is 12.6. The van der Waals surface area contributed by atoms with Gasteiger partial charge in [-0.2, -0.15) is 0 Å². The number of benzene rings is 1. The summed E-state index contributed by atoms with van der Waals surface area (Å²) in [5.41, 5.74) is 1.73. The zero-order valence-electron chi connectivity index (χ0n) is 12.6. The minimum atomic E-state index is 0.0920. The van der Waals surface area contributed by atoms with Gasteiger partial charge >= 0.3 is 0 Å². The number of hydrogen-bond donors (Lipinski definition) is 1. The smallest absolute Gasteiger partial charge is 0.253 e. The van der Waals surface area contributed by atoms with Crippen LogP contribution in [0.2, 0.25) is 0 Å². The van der Waals surface area contributed by atoms with Crippen LogP contribution in [-0.4, -0.2) is 42.6 Å². The monoisotopic (exact) mass is 276 g/mol. The Labute approximate surface area is 121 Å². The molecule has 4 nitrogen and oxygen atoms in total. The van der Waals surface area contributed by atoms with Crippen LogP contribution in [0, 0.1) is 0 Å². The van der Waals surface area contributed by atoms with Gasteiger partial charge in [-0.25, -0.2) is 0 Å². The standard InChI is InChI=1S/C16H24N2O2/c1-4-18(5-2)16(19)13-7-6-8-14(11-13)17-15-9-10-20-12(15)3/h6-8,11-12,15,17H,4-5,9-10H2,1-3H3. The van der Waals surface area contributed by atoms with E-state index in [0.717, 1.165) is 37.4 Å². The molecule has 0 bridgehead atoms. The second-order valence-electron chi connectivity index (χ2n) is 5.17. The first-order chi connectivity index (χ1) is 9.65. The summed E-state index contributed by atoms with van der Waals surface area (Å²) in [5.74, 6) is 0.0920. The summed E-state index contributed by atoms with van der Waals surface area (Å²) in [6.45, 7) is 8.36. The maximum atomic E-state index is 12.3. The number of amides is 1. The SMILES string of the molecule is CCN(CC)C(=O)c1cccc(NC2CCOC2C)c1. The van der Waals surface area contributed by atoms with E-state index in [2.05, 4.69) is 12.2 Å². The van der Waals surface area contributed by atoms with Crippen LogP contribution in [0.3, 0.4) is 0 Å². The van der Waals surface area contributed by atoms with E-state index in [1.807, 2.05) is 43.0 Å². The van der Waals surface area contributed by atoms with Gasteiger partial charge in [0.05, 0.1) is 12.1 Å². The van der Waals surface area contributed by atoms with Gasteiger partial charge in [0, 0.05) is 30.9 Å². The van der Waals surface area contributed by atoms with E-state index in [9.17, 15) is 4.79 Å². The van der Waals surface area contributed by atoms with Crippen LogP contribution in [-0.2, 0) is 4.74 Å². The Balaban J connectivity index is 2.09. The molecular weight excluding hydrogens is 252 g/mol. The lowest BCUT2D eigenvalue weighted by molar-refractivity contribution is 0.0773. The molecule has 2 rings (SSSR count). The highest BCUT2D eigenvalue weighted by Crippen LogP contribution is 2.20. The maximum absolute atomic E-state index is 12.3. The molecule has 0 aromatic heterocycles. The quantitative estimate of drug-likeness (QED) is 0.899. The third-order valence-electron chi connectivity index (χ3n) is 3.89. The van der Waals surface area contributed by atoms with Crippen molar-refractivity contribution in [2.24, 2.45) is 0 Å². The number of hydrogen-bond acceptors (Lipinski definition) is 3. The Morgan fingerprint density at radius 2 is 2.15 bits per heavy atom. The van der Waals surface area contributed by atoms with E-state index >= 15 is 0 Å². The van der Waals surface area contributed by atoms with E-state index in [0.29, 0.717) is 6.04 Å². The largest absolute Gasteiger partial charge is 0.380 e. The van der Waals surface area contributed by atoms with Crippen molar-refractivity contribution >= 4 is 11.6 Å². The molecule has 1 N–H and O–H groups in total. The number of nitrogens with one attached hydrogen (secondary N) is 1. The molecule has 1 saturated heterocycles. The van der Waals surface area contributed by atoms with Crippen molar-refractivity contribution in [2.75, 3.05) is 25.0 Å². The highest BCUT2D eigenvalue weighted by molar-refractivity contribution is 5.95. The van der Waals surface area contributed by atoms with Crippen molar-refractivity contribution in [3.05, 3.63) is 29.8 Å². The lowest BCUT2D eigenvalue weighted by atomic mass is 10.1. The third-order valence-corrected chi connectivity index (χ3v) is 3.89. The van der Waals surface area contributed by atoms with Crippen LogP contribution in [0.15, 0.2) is 24.3 Å². The average molecular weight is 276 g/mol. The number of carbonyl (C=O) groups excluding carboxylic acids is 1. The molecule has 1 aromatic carbocycles. The summed E-state index contributed by atoms with van der Waals surface area (Å²) in [5, 5.41) is 3.47. The summed E-state index contributed by atoms with van der Waals surface area (Å²) in [6.07, 6.45) is 1.23. The average Bonchev–Trinajstić information content (AvgIpc) is 2.86. The fourth-order valence-corrected chi connectivity index (χ4v) is 2.57. The van der Waals surface area contributed by atoms with Gasteiger partial charge in [0.1, 0.15) is 0 Å². The molecule has 1 fully saturated rings. The van der Waals surface area contributed by atoms with Gasteiger partial charge < -0.3 is 15.0 Å². The molecule has 1 heterocycles. The van der Waals surface area contributed by atoms with Crippen molar-refractivity contribution in [3.8, 4) is 0 Å². The Morgan fingerprint density at radius 1 is 1.40 bits per heavy atom. The summed E-state index contributed by atoms with van der Waals surface area (Å²) >= 11 is 0. The normalized spacial score (nSPS) is 21.8. The van der Waals surface area contributed by atoms with Crippen LogP contribution >= 0.6 is 0 Å². The molecule has 2 unspecified atom stereocenters. The number of nitrogens with zero attached hydrogens (tertiary/aromatic N) is 1. The van der Waals surface area contributed by atoms with E-state index in [-0.39, 0.29) is 12.0 Å². The number of carbonyl (C=O) groups is 1. The van der Waals surface area contributed by atoms with E-state index in [1.54, 1.807) is 0 Å². The fourth-order valence-electron chi connectivity index (χ4n) is 2.57. The first kappa shape index (κ1) is 14.9. The van der Waals surface area contributed by atoms with E-state index in [1.165, 1.54) is 0 Å². The molecule has 0 spiro atoms. The first-order valence-electron chi connectivity index (χ1n) is 7.43. The third kappa shape index (κ3) is 3.31. The molecule has 110 valence electrons. The molecule has 4 heteroatoms. The molecule has 0 radical (unpaired) electrons. The minimum absolute atomic E-state index is 0.0920. The minimum Gasteiger partial charge on any atom is -0.380 e. The molecular formula is C16H24N2O2. The van der Waals surface area contributed by atoms with Crippen LogP contribution < -0.4 is 5.32 Å². The predicted molar refractivity (Wildman–Crippen MR) is 81.1 cm³/mol. The van der Waals surface area contributed by atoms with Crippen molar-refractivity contribution in [2.45, 2.75) is 39.3 Å². The summed E-state index contributed by atoms with van der Waals surface area (Å²) in [4.78, 5) is 14.2. The highest BCUT2D eigenvalue weighted by atomic mass is 16.5. The summed E-state index contributed by atoms with van der Waals surface area (Å²) < 4.78 is 5.55. The van der Waals surface area contributed by atoms with Gasteiger partial charge in [-0.05, 0) is 45.4 Å². The zero-order chi connectivity index (χ0) is 14.5. The Morgan fingerprint density at radius 3 is 2.75 bits per heavy atom. The van der Waals surface area contributed by atoms with Gasteiger partial charge in [-0.15, -0.1) is 0 Å². The predicted octanol–water partition coefficient (Wildman–Crippen LogP) is 2.76. The lowest BCUT2D eigenvalue weighted by Crippen LogP contribution is -2.30. The highest BCUT2D eigenvalue weighted by Gasteiger charge is 2.24. The Hall–Kier alpha value is -1.55. The molecule has 1 amide bonds. The van der Waals surface area contributed by atoms with Gasteiger partial charge in [-0.1, -0.05) is 6.07 Å². The number of rotatable bonds is 5. The molecule has 1 aromatic rings. The molecule has 1 aliphatic rings. The first-order valence-corrected chi connectivity index (χ1v) is 7.43. The fraction of sp³-hybridized carbons (Fsp3) is 0.562. The van der Waals surface area contributed by atoms with Crippen molar-refractivity contribution < 1.29 is 9.53 Å². The van der Waals surface area contributed by atoms with E-state index < -0.39 is 0 Å². The second kappa shape index (κ2) is 6.75. The van der Waals surface area contributed by atoms with Crippen LogP contribution in [0.1, 0.15) is 37.6 Å². The summed E-state index contributed by atoms with van der Waals surface area (Å²) in [6, 6.07) is 8.07. The topological polar surface area (TPSA) is 41.6 Å². The second-order valence-corrected chi connectivity index (χ2v) is 5.17. The maximum Gasteiger partial charge on any atom is 0.253 e. The number of anilines is 1.